The highest BCUT2D eigenvalue weighted by Gasteiger charge is 2.33. The molecule has 0 amide bonds. The Bertz CT molecular complexity index is 632. The fourth-order valence-corrected chi connectivity index (χ4v) is 2.81. The average Bonchev–Trinajstić information content (AvgIpc) is 3.20. The molecule has 19 heavy (non-hydrogen) atoms. The first-order valence-corrected chi connectivity index (χ1v) is 6.72. The van der Waals surface area contributed by atoms with E-state index in [1.807, 2.05) is 19.2 Å². The molecule has 1 heterocycles. The molecule has 1 saturated carbocycles. The SMILES string of the molecule is Cc1nccc2ccc(C(CC(=O)O)C3CC3)cc12. The van der Waals surface area contributed by atoms with E-state index in [0.717, 1.165) is 29.5 Å². The first-order valence-electron chi connectivity index (χ1n) is 6.72. The summed E-state index contributed by atoms with van der Waals surface area (Å²) in [6.07, 6.45) is 4.35. The van der Waals surface area contributed by atoms with E-state index in [-0.39, 0.29) is 12.3 Å². The maximum absolute atomic E-state index is 11.0. The Kier molecular flexibility index (Phi) is 2.97. The molecule has 0 radical (unpaired) electrons. The Labute approximate surface area is 112 Å². The van der Waals surface area contributed by atoms with Crippen LogP contribution in [-0.2, 0) is 4.79 Å². The number of carboxylic acids is 1. The number of hydrogen-bond acceptors (Lipinski definition) is 2. The second-order valence-electron chi connectivity index (χ2n) is 5.42. The van der Waals surface area contributed by atoms with Gasteiger partial charge < -0.3 is 5.11 Å². The van der Waals surface area contributed by atoms with Gasteiger partial charge in [-0.2, -0.15) is 0 Å². The van der Waals surface area contributed by atoms with Crippen molar-refractivity contribution in [2.24, 2.45) is 5.92 Å². The molecule has 1 aromatic carbocycles. The molecular weight excluding hydrogens is 238 g/mol. The number of fused-ring (bicyclic) bond motifs is 1. The minimum absolute atomic E-state index is 0.154. The lowest BCUT2D eigenvalue weighted by Crippen LogP contribution is -2.08. The van der Waals surface area contributed by atoms with Gasteiger partial charge in [-0.3, -0.25) is 9.78 Å². The quantitative estimate of drug-likeness (QED) is 0.909. The van der Waals surface area contributed by atoms with Gasteiger partial charge in [-0.25, -0.2) is 0 Å². The Morgan fingerprint density at radius 3 is 2.89 bits per heavy atom. The minimum atomic E-state index is -0.708. The molecule has 1 N–H and O–H groups in total. The summed E-state index contributed by atoms with van der Waals surface area (Å²) >= 11 is 0. The first kappa shape index (κ1) is 12.2. The van der Waals surface area contributed by atoms with Crippen LogP contribution in [0.25, 0.3) is 10.8 Å². The third-order valence-electron chi connectivity index (χ3n) is 4.00. The first-order chi connectivity index (χ1) is 9.15. The highest BCUT2D eigenvalue weighted by molar-refractivity contribution is 5.85. The van der Waals surface area contributed by atoms with E-state index in [9.17, 15) is 4.79 Å². The summed E-state index contributed by atoms with van der Waals surface area (Å²) in [4.78, 5) is 15.3. The molecule has 1 atom stereocenters. The molecule has 98 valence electrons. The van der Waals surface area contributed by atoms with Gasteiger partial charge in [0, 0.05) is 17.3 Å². The zero-order chi connectivity index (χ0) is 13.4. The zero-order valence-corrected chi connectivity index (χ0v) is 11.0. The summed E-state index contributed by atoms with van der Waals surface area (Å²) in [5, 5.41) is 11.4. The van der Waals surface area contributed by atoms with Crippen LogP contribution in [0, 0.1) is 12.8 Å². The number of aryl methyl sites for hydroxylation is 1. The smallest absolute Gasteiger partial charge is 0.303 e. The van der Waals surface area contributed by atoms with E-state index < -0.39 is 5.97 Å². The predicted octanol–water partition coefficient (Wildman–Crippen LogP) is 3.51. The van der Waals surface area contributed by atoms with Crippen LogP contribution in [0.5, 0.6) is 0 Å². The number of nitrogens with zero attached hydrogens (tertiary/aromatic N) is 1. The molecule has 0 bridgehead atoms. The van der Waals surface area contributed by atoms with Crippen LogP contribution in [0.2, 0.25) is 0 Å². The van der Waals surface area contributed by atoms with Crippen molar-refractivity contribution >= 4 is 16.7 Å². The fraction of sp³-hybridized carbons (Fsp3) is 0.375. The highest BCUT2D eigenvalue weighted by Crippen LogP contribution is 2.45. The van der Waals surface area contributed by atoms with E-state index in [0.29, 0.717) is 5.92 Å². The summed E-state index contributed by atoms with van der Waals surface area (Å²) in [6, 6.07) is 8.28. The predicted molar refractivity (Wildman–Crippen MR) is 74.2 cm³/mol. The van der Waals surface area contributed by atoms with E-state index in [1.165, 1.54) is 5.39 Å². The van der Waals surface area contributed by atoms with E-state index in [1.54, 1.807) is 0 Å². The molecule has 1 aliphatic carbocycles. The van der Waals surface area contributed by atoms with E-state index in [4.69, 9.17) is 5.11 Å². The van der Waals surface area contributed by atoms with Crippen molar-refractivity contribution in [3.63, 3.8) is 0 Å². The number of aliphatic carboxylic acids is 1. The summed E-state index contributed by atoms with van der Waals surface area (Å²) in [6.45, 7) is 2.00. The standard InChI is InChI=1S/C16H17NO2/c1-10-14-8-13(5-4-12(14)6-7-17-10)15(9-16(18)19)11-2-3-11/h4-8,11,15H,2-3,9H2,1H3,(H,18,19). The minimum Gasteiger partial charge on any atom is -0.481 e. The molecule has 3 nitrogen and oxygen atoms in total. The molecule has 0 saturated heterocycles. The lowest BCUT2D eigenvalue weighted by atomic mass is 9.89. The normalized spacial score (nSPS) is 16.5. The maximum Gasteiger partial charge on any atom is 0.303 e. The molecule has 3 heteroatoms. The number of aromatic nitrogens is 1. The molecule has 1 fully saturated rings. The third kappa shape index (κ3) is 2.46. The number of benzene rings is 1. The molecule has 1 aliphatic rings. The molecule has 1 aromatic heterocycles. The number of carboxylic acid groups (broad SMARTS) is 1. The summed E-state index contributed by atoms with van der Waals surface area (Å²) < 4.78 is 0. The van der Waals surface area contributed by atoms with Crippen LogP contribution in [0.1, 0.15) is 36.4 Å². The highest BCUT2D eigenvalue weighted by atomic mass is 16.4. The van der Waals surface area contributed by atoms with Crippen molar-refractivity contribution < 1.29 is 9.90 Å². The van der Waals surface area contributed by atoms with Crippen LogP contribution in [-0.4, -0.2) is 16.1 Å². The fourth-order valence-electron chi connectivity index (χ4n) is 2.81. The van der Waals surface area contributed by atoms with Gasteiger partial charge in [-0.05, 0) is 54.7 Å². The topological polar surface area (TPSA) is 50.2 Å². The Morgan fingerprint density at radius 1 is 1.42 bits per heavy atom. The van der Waals surface area contributed by atoms with Crippen molar-refractivity contribution in [1.29, 1.82) is 0 Å². The Hall–Kier alpha value is -1.90. The molecule has 3 rings (SSSR count). The molecule has 1 unspecified atom stereocenters. The monoisotopic (exact) mass is 255 g/mol. The Balaban J connectivity index is 2.03. The summed E-state index contributed by atoms with van der Waals surface area (Å²) in [7, 11) is 0. The lowest BCUT2D eigenvalue weighted by molar-refractivity contribution is -0.137. The van der Waals surface area contributed by atoms with Crippen molar-refractivity contribution in [3.8, 4) is 0 Å². The van der Waals surface area contributed by atoms with Gasteiger partial charge in [0.15, 0.2) is 0 Å². The lowest BCUT2D eigenvalue weighted by Gasteiger charge is -2.15. The van der Waals surface area contributed by atoms with Gasteiger partial charge in [-0.15, -0.1) is 0 Å². The molecule has 2 aromatic rings. The molecule has 0 spiro atoms. The van der Waals surface area contributed by atoms with Crippen LogP contribution >= 0.6 is 0 Å². The van der Waals surface area contributed by atoms with Crippen molar-refractivity contribution in [1.82, 2.24) is 4.98 Å². The second kappa shape index (κ2) is 4.65. The van der Waals surface area contributed by atoms with E-state index >= 15 is 0 Å². The number of hydrogen-bond donors (Lipinski definition) is 1. The number of rotatable bonds is 4. The van der Waals surface area contributed by atoms with Crippen LogP contribution in [0.15, 0.2) is 30.5 Å². The maximum atomic E-state index is 11.0. The largest absolute Gasteiger partial charge is 0.481 e. The van der Waals surface area contributed by atoms with Gasteiger partial charge in [0.05, 0.1) is 6.42 Å². The second-order valence-corrected chi connectivity index (χ2v) is 5.42. The number of pyridine rings is 1. The van der Waals surface area contributed by atoms with Gasteiger partial charge in [0.25, 0.3) is 0 Å². The van der Waals surface area contributed by atoms with E-state index in [2.05, 4.69) is 23.2 Å². The third-order valence-corrected chi connectivity index (χ3v) is 4.00. The van der Waals surface area contributed by atoms with Gasteiger partial charge in [-0.1, -0.05) is 12.1 Å². The average molecular weight is 255 g/mol. The van der Waals surface area contributed by atoms with Gasteiger partial charge in [0.2, 0.25) is 0 Å². The van der Waals surface area contributed by atoms with Crippen molar-refractivity contribution in [2.45, 2.75) is 32.1 Å². The molecular formula is C16H17NO2. The van der Waals surface area contributed by atoms with Gasteiger partial charge in [0.1, 0.15) is 0 Å². The van der Waals surface area contributed by atoms with Gasteiger partial charge >= 0.3 is 5.97 Å². The summed E-state index contributed by atoms with van der Waals surface area (Å²) in [5.41, 5.74) is 2.15. The zero-order valence-electron chi connectivity index (χ0n) is 11.0. The number of carbonyl (C=O) groups is 1. The van der Waals surface area contributed by atoms with Crippen LogP contribution in [0.4, 0.5) is 0 Å². The molecule has 0 aliphatic heterocycles. The van der Waals surface area contributed by atoms with Crippen LogP contribution in [0.3, 0.4) is 0 Å². The van der Waals surface area contributed by atoms with Crippen LogP contribution < -0.4 is 0 Å². The van der Waals surface area contributed by atoms with Crippen molar-refractivity contribution in [2.75, 3.05) is 0 Å². The van der Waals surface area contributed by atoms with Crippen molar-refractivity contribution in [3.05, 3.63) is 41.7 Å². The summed E-state index contributed by atoms with van der Waals surface area (Å²) in [5.74, 6) is -0.00746. The Morgan fingerprint density at radius 2 is 2.21 bits per heavy atom.